The molecule has 1 fully saturated rings. The number of aliphatic hydroxyl groups is 1. The highest BCUT2D eigenvalue weighted by Gasteiger charge is 2.26. The van der Waals surface area contributed by atoms with E-state index in [0.29, 0.717) is 10.7 Å². The summed E-state index contributed by atoms with van der Waals surface area (Å²) < 4.78 is 0. The average molecular weight is 257 g/mol. The summed E-state index contributed by atoms with van der Waals surface area (Å²) in [7, 11) is 0. The van der Waals surface area contributed by atoms with E-state index in [4.69, 9.17) is 11.6 Å². The van der Waals surface area contributed by atoms with Crippen molar-refractivity contribution in [2.75, 3.05) is 6.61 Å². The van der Waals surface area contributed by atoms with Crippen LogP contribution in [-0.4, -0.2) is 28.6 Å². The van der Waals surface area contributed by atoms with Crippen molar-refractivity contribution in [1.29, 1.82) is 0 Å². The lowest BCUT2D eigenvalue weighted by Gasteiger charge is -2.30. The number of carbonyl (C=O) groups excluding carboxylic acids is 1. The quantitative estimate of drug-likeness (QED) is 0.774. The van der Waals surface area contributed by atoms with Gasteiger partial charge in [-0.05, 0) is 18.9 Å². The summed E-state index contributed by atoms with van der Waals surface area (Å²) >= 11 is 5.75. The van der Waals surface area contributed by atoms with Crippen molar-refractivity contribution in [3.05, 3.63) is 23.0 Å². The van der Waals surface area contributed by atoms with Crippen molar-refractivity contribution < 1.29 is 9.90 Å². The Hall–Kier alpha value is -1.00. The molecule has 0 aromatic carbocycles. The molecule has 1 aromatic heterocycles. The summed E-state index contributed by atoms with van der Waals surface area (Å²) in [6.45, 7) is 0.135. The zero-order valence-electron chi connectivity index (χ0n) is 9.58. The summed E-state index contributed by atoms with van der Waals surface area (Å²) in [5.41, 5.74) is 0.470. The number of H-pyrrole nitrogens is 1. The molecule has 1 amide bonds. The zero-order valence-corrected chi connectivity index (χ0v) is 10.3. The van der Waals surface area contributed by atoms with Crippen LogP contribution in [0.1, 0.15) is 36.2 Å². The number of aromatic nitrogens is 1. The van der Waals surface area contributed by atoms with E-state index < -0.39 is 0 Å². The molecule has 0 aliphatic heterocycles. The predicted octanol–water partition coefficient (Wildman–Crippen LogP) is 1.95. The molecule has 0 bridgehead atoms. The Morgan fingerprint density at radius 1 is 1.53 bits per heavy atom. The summed E-state index contributed by atoms with van der Waals surface area (Å²) in [5.74, 6) is 0.0281. The minimum absolute atomic E-state index is 0.0725. The lowest BCUT2D eigenvalue weighted by molar-refractivity contribution is 0.0868. The van der Waals surface area contributed by atoms with Crippen molar-refractivity contribution in [3.8, 4) is 0 Å². The van der Waals surface area contributed by atoms with Gasteiger partial charge in [0.25, 0.3) is 5.91 Å². The maximum Gasteiger partial charge on any atom is 0.267 e. The van der Waals surface area contributed by atoms with Crippen LogP contribution in [0.3, 0.4) is 0 Å². The number of carbonyl (C=O) groups is 1. The fraction of sp³-hybridized carbons (Fsp3) is 0.583. The lowest BCUT2D eigenvalue weighted by Crippen LogP contribution is -2.43. The molecule has 1 saturated carbocycles. The molecular formula is C12H17ClN2O2. The Balaban J connectivity index is 1.97. The molecule has 0 radical (unpaired) electrons. The van der Waals surface area contributed by atoms with Gasteiger partial charge >= 0.3 is 0 Å². The van der Waals surface area contributed by atoms with Gasteiger partial charge in [-0.1, -0.05) is 24.4 Å². The van der Waals surface area contributed by atoms with Crippen LogP contribution in [0.2, 0.25) is 5.02 Å². The predicted molar refractivity (Wildman–Crippen MR) is 66.1 cm³/mol. The van der Waals surface area contributed by atoms with Crippen LogP contribution in [0.15, 0.2) is 12.3 Å². The van der Waals surface area contributed by atoms with Gasteiger partial charge in [0, 0.05) is 24.8 Å². The van der Waals surface area contributed by atoms with Crippen LogP contribution in [0, 0.1) is 5.92 Å². The molecule has 1 heterocycles. The fourth-order valence-corrected chi connectivity index (χ4v) is 2.53. The lowest BCUT2D eigenvalue weighted by atomic mass is 9.85. The molecule has 2 rings (SSSR count). The average Bonchev–Trinajstić information content (AvgIpc) is 2.77. The first-order valence-corrected chi connectivity index (χ1v) is 6.34. The minimum atomic E-state index is -0.151. The molecule has 0 saturated heterocycles. The number of aromatic amines is 1. The monoisotopic (exact) mass is 256 g/mol. The van der Waals surface area contributed by atoms with Crippen molar-refractivity contribution in [1.82, 2.24) is 10.3 Å². The number of hydrogen-bond acceptors (Lipinski definition) is 2. The topological polar surface area (TPSA) is 65.1 Å². The maximum atomic E-state index is 11.9. The van der Waals surface area contributed by atoms with Gasteiger partial charge in [0.2, 0.25) is 0 Å². The van der Waals surface area contributed by atoms with Crippen molar-refractivity contribution in [2.45, 2.75) is 31.7 Å². The number of rotatable bonds is 3. The second-order valence-corrected chi connectivity index (χ2v) is 4.98. The minimum Gasteiger partial charge on any atom is -0.396 e. The molecule has 2 atom stereocenters. The van der Waals surface area contributed by atoms with Crippen LogP contribution < -0.4 is 5.32 Å². The largest absolute Gasteiger partial charge is 0.396 e. The molecule has 17 heavy (non-hydrogen) atoms. The number of hydrogen-bond donors (Lipinski definition) is 3. The third-order valence-corrected chi connectivity index (χ3v) is 3.57. The molecule has 94 valence electrons. The fourth-order valence-electron chi connectivity index (χ4n) is 2.36. The van der Waals surface area contributed by atoms with Crippen molar-refractivity contribution in [3.63, 3.8) is 0 Å². The Labute approximate surface area is 105 Å². The SMILES string of the molecule is O=C(NC1CCCCC1CO)c1cc(Cl)c[nH]1. The second kappa shape index (κ2) is 5.56. The first-order valence-electron chi connectivity index (χ1n) is 5.96. The van der Waals surface area contributed by atoms with E-state index in [2.05, 4.69) is 10.3 Å². The number of amides is 1. The maximum absolute atomic E-state index is 11.9. The van der Waals surface area contributed by atoms with Crippen molar-refractivity contribution >= 4 is 17.5 Å². The molecule has 1 aliphatic carbocycles. The third-order valence-electron chi connectivity index (χ3n) is 3.35. The summed E-state index contributed by atoms with van der Waals surface area (Å²) in [4.78, 5) is 14.7. The first-order chi connectivity index (χ1) is 8.20. The Bertz CT molecular complexity index is 392. The van der Waals surface area contributed by atoms with E-state index in [9.17, 15) is 9.90 Å². The smallest absolute Gasteiger partial charge is 0.267 e. The van der Waals surface area contributed by atoms with Crippen LogP contribution in [0.5, 0.6) is 0 Å². The highest BCUT2D eigenvalue weighted by atomic mass is 35.5. The molecule has 3 N–H and O–H groups in total. The van der Waals surface area contributed by atoms with Crippen LogP contribution in [-0.2, 0) is 0 Å². The third kappa shape index (κ3) is 3.01. The van der Waals surface area contributed by atoms with Gasteiger partial charge < -0.3 is 15.4 Å². The van der Waals surface area contributed by atoms with Gasteiger partial charge in [0.1, 0.15) is 5.69 Å². The van der Waals surface area contributed by atoms with Crippen molar-refractivity contribution in [2.24, 2.45) is 5.92 Å². The molecule has 4 nitrogen and oxygen atoms in total. The Kier molecular flexibility index (Phi) is 4.07. The highest BCUT2D eigenvalue weighted by Crippen LogP contribution is 2.24. The van der Waals surface area contributed by atoms with Gasteiger partial charge in [-0.3, -0.25) is 4.79 Å². The molecule has 0 spiro atoms. The molecule has 2 unspecified atom stereocenters. The van der Waals surface area contributed by atoms with E-state index in [1.54, 1.807) is 12.3 Å². The normalized spacial score (nSPS) is 24.6. The van der Waals surface area contributed by atoms with Crippen LogP contribution in [0.25, 0.3) is 0 Å². The van der Waals surface area contributed by atoms with Gasteiger partial charge in [0.15, 0.2) is 0 Å². The Morgan fingerprint density at radius 2 is 2.29 bits per heavy atom. The number of aliphatic hydroxyl groups excluding tert-OH is 1. The molecule has 5 heteroatoms. The number of nitrogens with one attached hydrogen (secondary N) is 2. The van der Waals surface area contributed by atoms with E-state index in [1.807, 2.05) is 0 Å². The summed E-state index contributed by atoms with van der Waals surface area (Å²) in [6, 6.07) is 1.68. The van der Waals surface area contributed by atoms with E-state index in [0.717, 1.165) is 25.7 Å². The molecule has 1 aliphatic rings. The van der Waals surface area contributed by atoms with Gasteiger partial charge in [-0.2, -0.15) is 0 Å². The Morgan fingerprint density at radius 3 is 2.94 bits per heavy atom. The first kappa shape index (κ1) is 12.5. The standard InChI is InChI=1S/C12H17ClN2O2/c13-9-5-11(14-6-9)12(17)15-10-4-2-1-3-8(10)7-16/h5-6,8,10,14,16H,1-4,7H2,(H,15,17). The van der Waals surface area contributed by atoms with Crippen LogP contribution in [0.4, 0.5) is 0 Å². The summed E-state index contributed by atoms with van der Waals surface area (Å²) in [6.07, 6.45) is 5.73. The van der Waals surface area contributed by atoms with E-state index in [-0.39, 0.29) is 24.5 Å². The second-order valence-electron chi connectivity index (χ2n) is 4.54. The highest BCUT2D eigenvalue weighted by molar-refractivity contribution is 6.30. The molecule has 1 aromatic rings. The molecular weight excluding hydrogens is 240 g/mol. The van der Waals surface area contributed by atoms with Gasteiger partial charge in [0.05, 0.1) is 5.02 Å². The summed E-state index contributed by atoms with van der Waals surface area (Å²) in [5, 5.41) is 12.8. The van der Waals surface area contributed by atoms with Gasteiger partial charge in [-0.25, -0.2) is 0 Å². The zero-order chi connectivity index (χ0) is 12.3. The van der Waals surface area contributed by atoms with E-state index >= 15 is 0 Å². The van der Waals surface area contributed by atoms with Crippen LogP contribution >= 0.6 is 11.6 Å². The van der Waals surface area contributed by atoms with Gasteiger partial charge in [-0.15, -0.1) is 0 Å². The number of halogens is 1. The van der Waals surface area contributed by atoms with E-state index in [1.165, 1.54) is 0 Å².